The Bertz CT molecular complexity index is 1220. The van der Waals surface area contributed by atoms with Crippen molar-refractivity contribution in [2.45, 2.75) is 57.7 Å². The van der Waals surface area contributed by atoms with Crippen molar-refractivity contribution < 1.29 is 5.11 Å². The highest BCUT2D eigenvalue weighted by Gasteiger charge is 2.26. The van der Waals surface area contributed by atoms with Crippen molar-refractivity contribution in [2.24, 2.45) is 0 Å². The number of nitrogens with zero attached hydrogens (tertiary/aromatic N) is 4. The highest BCUT2D eigenvalue weighted by atomic mass is 32.1. The van der Waals surface area contributed by atoms with Gasteiger partial charge in [0.15, 0.2) is 11.9 Å². The van der Waals surface area contributed by atoms with Gasteiger partial charge >= 0.3 is 0 Å². The van der Waals surface area contributed by atoms with Crippen molar-refractivity contribution in [2.75, 3.05) is 0 Å². The largest absolute Gasteiger partial charge is 0.372 e. The summed E-state index contributed by atoms with van der Waals surface area (Å²) in [6.45, 7) is 6.40. The van der Waals surface area contributed by atoms with E-state index in [0.717, 1.165) is 52.3 Å². The maximum absolute atomic E-state index is 10.8. The number of nitrogens with one attached hydrogen (secondary N) is 2. The van der Waals surface area contributed by atoms with E-state index in [1.165, 1.54) is 22.5 Å². The van der Waals surface area contributed by atoms with Crippen LogP contribution in [-0.4, -0.2) is 30.3 Å². The first-order valence-electron chi connectivity index (χ1n) is 10.6. The summed E-state index contributed by atoms with van der Waals surface area (Å²) in [5.74, 6) is 0. The van der Waals surface area contributed by atoms with Crippen LogP contribution in [0.1, 0.15) is 67.7 Å². The Morgan fingerprint density at radius 2 is 2.13 bits per heavy atom. The maximum Gasteiger partial charge on any atom is 0.159 e. The molecule has 3 N–H and O–H groups in total. The molecule has 8 heteroatoms. The average molecular weight is 435 g/mol. The van der Waals surface area contributed by atoms with Gasteiger partial charge < -0.3 is 5.11 Å². The van der Waals surface area contributed by atoms with E-state index < -0.39 is 6.23 Å². The highest BCUT2D eigenvalue weighted by Crippen LogP contribution is 2.35. The first-order chi connectivity index (χ1) is 14.9. The highest BCUT2D eigenvalue weighted by molar-refractivity contribution is 7.09. The van der Waals surface area contributed by atoms with E-state index in [2.05, 4.69) is 69.4 Å². The van der Waals surface area contributed by atoms with Crippen molar-refractivity contribution in [3.63, 3.8) is 0 Å². The number of benzene rings is 1. The molecule has 2 unspecified atom stereocenters. The number of hydrogen-bond donors (Lipinski definition) is 3. The Morgan fingerprint density at radius 1 is 1.26 bits per heavy atom. The molecule has 0 fully saturated rings. The minimum absolute atomic E-state index is 0.0241. The second-order valence-electron chi connectivity index (χ2n) is 9.10. The Labute approximate surface area is 185 Å². The summed E-state index contributed by atoms with van der Waals surface area (Å²) in [5.41, 5.74) is 6.19. The Hall–Kier alpha value is -2.68. The topological polar surface area (TPSA) is 99.6 Å². The second kappa shape index (κ2) is 7.78. The van der Waals surface area contributed by atoms with Crippen molar-refractivity contribution >= 4 is 22.4 Å². The van der Waals surface area contributed by atoms with E-state index in [-0.39, 0.29) is 11.5 Å². The van der Waals surface area contributed by atoms with E-state index in [1.54, 1.807) is 12.5 Å². The molecule has 0 amide bonds. The molecule has 0 aliphatic heterocycles. The zero-order chi connectivity index (χ0) is 21.6. The van der Waals surface area contributed by atoms with E-state index in [1.807, 2.05) is 5.38 Å². The minimum Gasteiger partial charge on any atom is -0.372 e. The molecule has 0 radical (unpaired) electrons. The average Bonchev–Trinajstić information content (AvgIpc) is 3.43. The number of aromatic nitrogens is 5. The van der Waals surface area contributed by atoms with Crippen LogP contribution in [-0.2, 0) is 11.8 Å². The number of fused-ring (bicyclic) bond motifs is 2. The molecule has 0 saturated heterocycles. The van der Waals surface area contributed by atoms with Crippen molar-refractivity contribution in [1.82, 2.24) is 30.5 Å². The molecular weight excluding hydrogens is 408 g/mol. The Balaban J connectivity index is 1.40. The number of aromatic amines is 1. The normalized spacial score (nSPS) is 17.6. The molecule has 4 aromatic rings. The molecule has 31 heavy (non-hydrogen) atoms. The van der Waals surface area contributed by atoms with Crippen LogP contribution < -0.4 is 5.32 Å². The number of aliphatic hydroxyl groups is 1. The molecule has 1 aromatic carbocycles. The fourth-order valence-corrected chi connectivity index (χ4v) is 5.14. The van der Waals surface area contributed by atoms with E-state index >= 15 is 0 Å². The van der Waals surface area contributed by atoms with Gasteiger partial charge in [0.1, 0.15) is 11.3 Å². The van der Waals surface area contributed by atoms with Gasteiger partial charge in [-0.3, -0.25) is 10.4 Å². The van der Waals surface area contributed by atoms with Crippen LogP contribution in [0.2, 0.25) is 0 Å². The molecule has 1 aliphatic rings. The smallest absolute Gasteiger partial charge is 0.159 e. The standard InChI is InChI=1S/C23H26N6OS/c1-23(2,3)18-11-31-22(28-18)21(30)27-17-6-4-5-13-9-14(7-8-15(13)17)19-16-10-26-29-20(16)25-12-24-19/h7-12,17,21,27,30H,4-6H2,1-3H3,(H,24,25,26,29). The van der Waals surface area contributed by atoms with E-state index in [4.69, 9.17) is 0 Å². The third-order valence-corrected chi connectivity index (χ3v) is 6.76. The summed E-state index contributed by atoms with van der Waals surface area (Å²) < 4.78 is 0. The molecule has 0 bridgehead atoms. The molecule has 3 heterocycles. The first kappa shape index (κ1) is 20.2. The third-order valence-electron chi connectivity index (χ3n) is 5.86. The molecule has 1 aliphatic carbocycles. The molecule has 0 spiro atoms. The number of aryl methyl sites for hydroxylation is 1. The lowest BCUT2D eigenvalue weighted by Gasteiger charge is -2.28. The number of hydrogen-bond acceptors (Lipinski definition) is 7. The lowest BCUT2D eigenvalue weighted by molar-refractivity contribution is 0.118. The quantitative estimate of drug-likeness (QED) is 0.411. The van der Waals surface area contributed by atoms with Gasteiger partial charge in [0.25, 0.3) is 0 Å². The van der Waals surface area contributed by atoms with Crippen LogP contribution in [0.3, 0.4) is 0 Å². The number of thiazole rings is 1. The molecule has 160 valence electrons. The van der Waals surface area contributed by atoms with Crippen LogP contribution in [0, 0.1) is 0 Å². The van der Waals surface area contributed by atoms with Gasteiger partial charge in [-0.1, -0.05) is 32.9 Å². The van der Waals surface area contributed by atoms with Gasteiger partial charge in [-0.15, -0.1) is 11.3 Å². The van der Waals surface area contributed by atoms with Gasteiger partial charge in [-0.2, -0.15) is 5.10 Å². The summed E-state index contributed by atoms with van der Waals surface area (Å²) in [6.07, 6.45) is 5.63. The van der Waals surface area contributed by atoms with Crippen LogP contribution >= 0.6 is 11.3 Å². The fraction of sp³-hybridized carbons (Fsp3) is 0.391. The lowest BCUT2D eigenvalue weighted by Crippen LogP contribution is -2.29. The molecule has 2 atom stereocenters. The predicted octanol–water partition coefficient (Wildman–Crippen LogP) is 4.43. The van der Waals surface area contributed by atoms with Gasteiger partial charge in [-0.25, -0.2) is 15.0 Å². The van der Waals surface area contributed by atoms with Crippen LogP contribution in [0.15, 0.2) is 36.1 Å². The summed E-state index contributed by atoms with van der Waals surface area (Å²) in [7, 11) is 0. The summed E-state index contributed by atoms with van der Waals surface area (Å²) in [5, 5.41) is 24.9. The molecule has 5 rings (SSSR count). The third kappa shape index (κ3) is 3.86. The van der Waals surface area contributed by atoms with Crippen LogP contribution in [0.25, 0.3) is 22.3 Å². The first-order valence-corrected chi connectivity index (χ1v) is 11.5. The monoisotopic (exact) mass is 434 g/mol. The number of rotatable bonds is 4. The lowest BCUT2D eigenvalue weighted by atomic mass is 9.86. The second-order valence-corrected chi connectivity index (χ2v) is 9.99. The maximum atomic E-state index is 10.8. The van der Waals surface area contributed by atoms with Gasteiger partial charge in [0.05, 0.1) is 23.0 Å². The molecule has 3 aromatic heterocycles. The zero-order valence-electron chi connectivity index (χ0n) is 17.9. The van der Waals surface area contributed by atoms with Crippen molar-refractivity contribution in [1.29, 1.82) is 0 Å². The van der Waals surface area contributed by atoms with Gasteiger partial charge in [0.2, 0.25) is 0 Å². The predicted molar refractivity (Wildman–Crippen MR) is 122 cm³/mol. The SMILES string of the molecule is CC(C)(C)c1csc(C(O)NC2CCCc3cc(-c4ncnc5[nH]ncc45)ccc32)n1. The van der Waals surface area contributed by atoms with Crippen molar-refractivity contribution in [3.05, 3.63) is 57.9 Å². The summed E-state index contributed by atoms with van der Waals surface area (Å²) in [4.78, 5) is 13.4. The van der Waals surface area contributed by atoms with Crippen LogP contribution in [0.4, 0.5) is 0 Å². The Morgan fingerprint density at radius 3 is 2.94 bits per heavy atom. The molecular formula is C23H26N6OS. The minimum atomic E-state index is -0.774. The summed E-state index contributed by atoms with van der Waals surface area (Å²) in [6, 6.07) is 6.56. The van der Waals surface area contributed by atoms with Gasteiger partial charge in [-0.05, 0) is 36.5 Å². The zero-order valence-corrected chi connectivity index (χ0v) is 18.7. The molecule has 7 nitrogen and oxygen atoms in total. The number of aliphatic hydroxyl groups excluding tert-OH is 1. The fourth-order valence-electron chi connectivity index (χ4n) is 4.15. The molecule has 0 saturated carbocycles. The Kier molecular flexibility index (Phi) is 5.08. The summed E-state index contributed by atoms with van der Waals surface area (Å²) >= 11 is 1.51. The van der Waals surface area contributed by atoms with Crippen molar-refractivity contribution in [3.8, 4) is 11.3 Å². The van der Waals surface area contributed by atoms with Crippen LogP contribution in [0.5, 0.6) is 0 Å². The van der Waals surface area contributed by atoms with E-state index in [0.29, 0.717) is 0 Å². The van der Waals surface area contributed by atoms with Gasteiger partial charge in [0, 0.05) is 22.4 Å². The van der Waals surface area contributed by atoms with E-state index in [9.17, 15) is 5.11 Å². The number of H-pyrrole nitrogens is 1.